The number of pyridine rings is 1. The number of nitrogens with zero attached hydrogens (tertiary/aromatic N) is 3. The lowest BCUT2D eigenvalue weighted by Crippen LogP contribution is -2.19. The number of carbonyl (C=O) groups excluding carboxylic acids is 2. The van der Waals surface area contributed by atoms with E-state index in [0.717, 1.165) is 11.0 Å². The van der Waals surface area contributed by atoms with E-state index < -0.39 is 0 Å². The first-order valence-corrected chi connectivity index (χ1v) is 9.59. The minimum Gasteiger partial charge on any atom is -0.462 e. The van der Waals surface area contributed by atoms with Gasteiger partial charge in [-0.3, -0.25) is 9.78 Å². The second kappa shape index (κ2) is 8.57. The summed E-state index contributed by atoms with van der Waals surface area (Å²) in [4.78, 5) is 33.6. The molecule has 2 heterocycles. The fraction of sp³-hybridized carbons (Fsp3) is 0.130. The van der Waals surface area contributed by atoms with Crippen LogP contribution in [-0.2, 0) is 16.1 Å². The number of anilines is 1. The molecule has 2 aromatic carbocycles. The van der Waals surface area contributed by atoms with E-state index >= 15 is 0 Å². The third kappa shape index (κ3) is 4.05. The van der Waals surface area contributed by atoms with Crippen LogP contribution in [0.4, 0.5) is 5.69 Å². The number of fused-ring (bicyclic) bond motifs is 1. The molecular formula is C23H20N4O3. The number of hydrogen-bond donors (Lipinski definition) is 1. The number of esters is 1. The Morgan fingerprint density at radius 1 is 1.00 bits per heavy atom. The van der Waals surface area contributed by atoms with E-state index in [4.69, 9.17) is 4.74 Å². The van der Waals surface area contributed by atoms with Crippen LogP contribution in [0.5, 0.6) is 0 Å². The zero-order valence-electron chi connectivity index (χ0n) is 16.4. The lowest BCUT2D eigenvalue weighted by molar-refractivity contribution is -0.116. The highest BCUT2D eigenvalue weighted by molar-refractivity contribution is 5.94. The number of hydrogen-bond acceptors (Lipinski definition) is 5. The van der Waals surface area contributed by atoms with Gasteiger partial charge in [0.05, 0.1) is 23.2 Å². The Morgan fingerprint density at radius 3 is 2.50 bits per heavy atom. The zero-order chi connectivity index (χ0) is 20.9. The highest BCUT2D eigenvalue weighted by Crippen LogP contribution is 2.23. The van der Waals surface area contributed by atoms with Crippen molar-refractivity contribution in [2.45, 2.75) is 13.5 Å². The molecule has 150 valence electrons. The Bertz CT molecular complexity index is 1180. The van der Waals surface area contributed by atoms with Crippen molar-refractivity contribution in [1.82, 2.24) is 14.5 Å². The lowest BCUT2D eigenvalue weighted by atomic mass is 10.2. The van der Waals surface area contributed by atoms with E-state index in [1.54, 1.807) is 37.4 Å². The molecule has 0 spiro atoms. The van der Waals surface area contributed by atoms with E-state index in [1.165, 1.54) is 0 Å². The van der Waals surface area contributed by atoms with Crippen molar-refractivity contribution < 1.29 is 14.3 Å². The fourth-order valence-electron chi connectivity index (χ4n) is 3.17. The summed E-state index contributed by atoms with van der Waals surface area (Å²) < 4.78 is 6.82. The molecular weight excluding hydrogens is 380 g/mol. The minimum atomic E-state index is -0.389. The third-order valence-corrected chi connectivity index (χ3v) is 4.53. The van der Waals surface area contributed by atoms with Crippen molar-refractivity contribution in [3.8, 4) is 11.5 Å². The normalized spacial score (nSPS) is 10.7. The summed E-state index contributed by atoms with van der Waals surface area (Å²) in [7, 11) is 0. The number of nitrogens with one attached hydrogen (secondary N) is 1. The SMILES string of the molecule is CCOC(=O)c1ccc(NC(=O)Cn2c(-c3ccccn3)nc3ccccc32)cc1. The monoisotopic (exact) mass is 400 g/mol. The van der Waals surface area contributed by atoms with Gasteiger partial charge in [-0.1, -0.05) is 18.2 Å². The molecule has 30 heavy (non-hydrogen) atoms. The summed E-state index contributed by atoms with van der Waals surface area (Å²) in [5, 5.41) is 2.86. The maximum atomic E-state index is 12.8. The maximum absolute atomic E-state index is 12.8. The van der Waals surface area contributed by atoms with E-state index in [9.17, 15) is 9.59 Å². The molecule has 7 nitrogen and oxygen atoms in total. The summed E-state index contributed by atoms with van der Waals surface area (Å²) in [6, 6.07) is 19.8. The highest BCUT2D eigenvalue weighted by atomic mass is 16.5. The van der Waals surface area contributed by atoms with Gasteiger partial charge in [0.25, 0.3) is 0 Å². The summed E-state index contributed by atoms with van der Waals surface area (Å²) >= 11 is 0. The largest absolute Gasteiger partial charge is 0.462 e. The van der Waals surface area contributed by atoms with Crippen LogP contribution in [0.2, 0.25) is 0 Å². The van der Waals surface area contributed by atoms with Crippen LogP contribution in [-0.4, -0.2) is 33.0 Å². The fourth-order valence-corrected chi connectivity index (χ4v) is 3.17. The number of rotatable bonds is 6. The van der Waals surface area contributed by atoms with Crippen LogP contribution < -0.4 is 5.32 Å². The van der Waals surface area contributed by atoms with E-state index in [0.29, 0.717) is 29.4 Å². The Balaban J connectivity index is 1.57. The van der Waals surface area contributed by atoms with Crippen molar-refractivity contribution in [1.29, 1.82) is 0 Å². The Hall–Kier alpha value is -4.00. The van der Waals surface area contributed by atoms with Crippen LogP contribution >= 0.6 is 0 Å². The quantitative estimate of drug-likeness (QED) is 0.496. The van der Waals surface area contributed by atoms with Gasteiger partial charge < -0.3 is 14.6 Å². The molecule has 0 atom stereocenters. The van der Waals surface area contributed by atoms with Gasteiger partial charge in [-0.2, -0.15) is 0 Å². The topological polar surface area (TPSA) is 86.1 Å². The average molecular weight is 400 g/mol. The van der Waals surface area contributed by atoms with Gasteiger partial charge in [0.15, 0.2) is 5.82 Å². The van der Waals surface area contributed by atoms with Crippen LogP contribution in [0.15, 0.2) is 72.9 Å². The number of ether oxygens (including phenoxy) is 1. The molecule has 7 heteroatoms. The summed E-state index contributed by atoms with van der Waals surface area (Å²) in [6.45, 7) is 2.15. The van der Waals surface area contributed by atoms with Crippen molar-refractivity contribution in [3.05, 3.63) is 78.5 Å². The van der Waals surface area contributed by atoms with Gasteiger partial charge >= 0.3 is 5.97 Å². The van der Waals surface area contributed by atoms with Crippen molar-refractivity contribution in [2.24, 2.45) is 0 Å². The Kier molecular flexibility index (Phi) is 5.52. The maximum Gasteiger partial charge on any atom is 0.338 e. The second-order valence-electron chi connectivity index (χ2n) is 6.57. The van der Waals surface area contributed by atoms with E-state index in [2.05, 4.69) is 15.3 Å². The van der Waals surface area contributed by atoms with Crippen molar-refractivity contribution in [2.75, 3.05) is 11.9 Å². The number of para-hydroxylation sites is 2. The van der Waals surface area contributed by atoms with Crippen LogP contribution in [0, 0.1) is 0 Å². The Morgan fingerprint density at radius 2 is 1.77 bits per heavy atom. The highest BCUT2D eigenvalue weighted by Gasteiger charge is 2.16. The standard InChI is InChI=1S/C23H20N4O3/c1-2-30-23(29)16-10-12-17(13-11-16)25-21(28)15-27-20-9-4-3-7-18(20)26-22(27)19-8-5-6-14-24-19/h3-14H,2,15H2,1H3,(H,25,28). The molecule has 4 rings (SSSR count). The number of benzene rings is 2. The Labute approximate surface area is 173 Å². The summed E-state index contributed by atoms with van der Waals surface area (Å²) in [5.74, 6) is 0.0316. The predicted molar refractivity (Wildman–Crippen MR) is 114 cm³/mol. The molecule has 0 saturated heterocycles. The lowest BCUT2D eigenvalue weighted by Gasteiger charge is -2.10. The first-order valence-electron chi connectivity index (χ1n) is 9.59. The van der Waals surface area contributed by atoms with Crippen LogP contribution in [0.25, 0.3) is 22.6 Å². The molecule has 0 bridgehead atoms. The molecule has 0 aliphatic heterocycles. The van der Waals surface area contributed by atoms with Crippen LogP contribution in [0.3, 0.4) is 0 Å². The van der Waals surface area contributed by atoms with Gasteiger partial charge in [-0.05, 0) is 55.5 Å². The molecule has 0 aliphatic carbocycles. The minimum absolute atomic E-state index is 0.0754. The number of amides is 1. The van der Waals surface area contributed by atoms with Gasteiger partial charge in [0, 0.05) is 11.9 Å². The number of carbonyl (C=O) groups is 2. The molecule has 1 N–H and O–H groups in total. The number of imidazole rings is 1. The third-order valence-electron chi connectivity index (χ3n) is 4.53. The molecule has 0 aliphatic rings. The van der Waals surface area contributed by atoms with Gasteiger partial charge in [-0.25, -0.2) is 9.78 Å². The van der Waals surface area contributed by atoms with Crippen LogP contribution in [0.1, 0.15) is 17.3 Å². The zero-order valence-corrected chi connectivity index (χ0v) is 16.4. The second-order valence-corrected chi connectivity index (χ2v) is 6.57. The first-order chi connectivity index (χ1) is 14.7. The smallest absolute Gasteiger partial charge is 0.338 e. The van der Waals surface area contributed by atoms with Crippen molar-refractivity contribution >= 4 is 28.6 Å². The van der Waals surface area contributed by atoms with Crippen molar-refractivity contribution in [3.63, 3.8) is 0 Å². The predicted octanol–water partition coefficient (Wildman–Crippen LogP) is 3.91. The molecule has 4 aromatic rings. The molecule has 0 fully saturated rings. The summed E-state index contributed by atoms with van der Waals surface area (Å²) in [5.41, 5.74) is 3.38. The van der Waals surface area contributed by atoms with Gasteiger partial charge in [-0.15, -0.1) is 0 Å². The molecule has 0 saturated carbocycles. The molecule has 2 aromatic heterocycles. The first kappa shape index (κ1) is 19.3. The van der Waals surface area contributed by atoms with E-state index in [-0.39, 0.29) is 18.4 Å². The van der Waals surface area contributed by atoms with Gasteiger partial charge in [0.2, 0.25) is 5.91 Å². The summed E-state index contributed by atoms with van der Waals surface area (Å²) in [6.07, 6.45) is 1.70. The van der Waals surface area contributed by atoms with Gasteiger partial charge in [0.1, 0.15) is 12.2 Å². The molecule has 0 unspecified atom stereocenters. The molecule has 0 radical (unpaired) electrons. The number of aromatic nitrogens is 3. The average Bonchev–Trinajstić information content (AvgIpc) is 3.13. The van der Waals surface area contributed by atoms with E-state index in [1.807, 2.05) is 47.0 Å². The molecule has 1 amide bonds.